The minimum Gasteiger partial charge on any atom is -0.395 e. The normalized spacial score (nSPS) is 10.9. The molecule has 0 aliphatic rings. The van der Waals surface area contributed by atoms with Crippen LogP contribution in [0.3, 0.4) is 0 Å². The van der Waals surface area contributed by atoms with Gasteiger partial charge in [-0.3, -0.25) is 4.79 Å². The highest BCUT2D eigenvalue weighted by atomic mass is 79.9. The summed E-state index contributed by atoms with van der Waals surface area (Å²) in [6.45, 7) is 1.18. The molecule has 0 aromatic heterocycles. The van der Waals surface area contributed by atoms with Gasteiger partial charge in [0.1, 0.15) is 0 Å². The fraction of sp³-hybridized carbons (Fsp3) is 0.357. The Hall–Kier alpha value is -1.17. The molecular formula is C14H18BrNO3. The summed E-state index contributed by atoms with van der Waals surface area (Å²) in [7, 11) is 1.58. The predicted octanol–water partition coefficient (Wildman–Crippen LogP) is 1.93. The third-order valence-electron chi connectivity index (χ3n) is 2.51. The molecule has 19 heavy (non-hydrogen) atoms. The Morgan fingerprint density at radius 1 is 1.47 bits per heavy atom. The summed E-state index contributed by atoms with van der Waals surface area (Å²) in [5.74, 6) is -0.133. The smallest absolute Gasteiger partial charge is 0.246 e. The van der Waals surface area contributed by atoms with Gasteiger partial charge >= 0.3 is 0 Å². The number of nitrogens with zero attached hydrogens (tertiary/aromatic N) is 1. The molecule has 104 valence electrons. The third-order valence-corrected chi connectivity index (χ3v) is 3.01. The van der Waals surface area contributed by atoms with Crippen molar-refractivity contribution < 1.29 is 14.6 Å². The number of amides is 1. The molecule has 1 aromatic rings. The number of carbonyl (C=O) groups excluding carboxylic acids is 1. The highest BCUT2D eigenvalue weighted by molar-refractivity contribution is 9.10. The van der Waals surface area contributed by atoms with E-state index in [4.69, 9.17) is 9.84 Å². The second kappa shape index (κ2) is 8.85. The van der Waals surface area contributed by atoms with Gasteiger partial charge in [0.15, 0.2) is 0 Å². The van der Waals surface area contributed by atoms with Crippen LogP contribution in [0.25, 0.3) is 6.08 Å². The molecule has 5 heteroatoms. The number of aliphatic hydroxyl groups excluding tert-OH is 1. The summed E-state index contributed by atoms with van der Waals surface area (Å²) < 4.78 is 5.91. The molecule has 1 amide bonds. The molecule has 0 radical (unpaired) electrons. The zero-order valence-corrected chi connectivity index (χ0v) is 12.5. The van der Waals surface area contributed by atoms with Gasteiger partial charge in [0.05, 0.1) is 13.2 Å². The van der Waals surface area contributed by atoms with Crippen LogP contribution in [0.15, 0.2) is 34.8 Å². The number of methoxy groups -OCH3 is 1. The molecule has 1 aromatic carbocycles. The first-order valence-corrected chi connectivity index (χ1v) is 6.79. The van der Waals surface area contributed by atoms with Crippen LogP contribution in [0.2, 0.25) is 0 Å². The zero-order chi connectivity index (χ0) is 14.1. The maximum absolute atomic E-state index is 12.0. The van der Waals surface area contributed by atoms with Gasteiger partial charge in [-0.05, 0) is 23.8 Å². The van der Waals surface area contributed by atoms with Crippen molar-refractivity contribution in [2.45, 2.75) is 0 Å². The Morgan fingerprint density at radius 3 is 2.89 bits per heavy atom. The number of benzene rings is 1. The molecule has 0 bridgehead atoms. The lowest BCUT2D eigenvalue weighted by atomic mass is 10.2. The molecule has 0 aliphatic carbocycles. The van der Waals surface area contributed by atoms with Crippen LogP contribution in [0, 0.1) is 0 Å². The molecule has 0 saturated heterocycles. The van der Waals surface area contributed by atoms with Crippen LogP contribution in [0.1, 0.15) is 5.56 Å². The van der Waals surface area contributed by atoms with Gasteiger partial charge in [-0.25, -0.2) is 0 Å². The van der Waals surface area contributed by atoms with Gasteiger partial charge in [-0.1, -0.05) is 28.1 Å². The van der Waals surface area contributed by atoms with E-state index in [1.165, 1.54) is 6.08 Å². The highest BCUT2D eigenvalue weighted by Gasteiger charge is 2.09. The largest absolute Gasteiger partial charge is 0.395 e. The maximum atomic E-state index is 12.0. The molecule has 0 atom stereocenters. The van der Waals surface area contributed by atoms with Gasteiger partial charge in [0.2, 0.25) is 5.91 Å². The Labute approximate surface area is 121 Å². The van der Waals surface area contributed by atoms with E-state index in [0.29, 0.717) is 19.7 Å². The van der Waals surface area contributed by atoms with E-state index in [0.717, 1.165) is 10.0 Å². The maximum Gasteiger partial charge on any atom is 0.246 e. The summed E-state index contributed by atoms with van der Waals surface area (Å²) in [5.41, 5.74) is 0.943. The number of halogens is 1. The number of aliphatic hydroxyl groups is 1. The molecular weight excluding hydrogens is 310 g/mol. The van der Waals surface area contributed by atoms with Crippen molar-refractivity contribution in [2.75, 3.05) is 33.4 Å². The first-order valence-electron chi connectivity index (χ1n) is 5.99. The Morgan fingerprint density at radius 2 is 2.26 bits per heavy atom. The number of hydrogen-bond donors (Lipinski definition) is 1. The van der Waals surface area contributed by atoms with Crippen molar-refractivity contribution in [1.82, 2.24) is 4.90 Å². The van der Waals surface area contributed by atoms with Crippen molar-refractivity contribution in [3.8, 4) is 0 Å². The van der Waals surface area contributed by atoms with Gasteiger partial charge in [-0.2, -0.15) is 0 Å². The molecule has 0 saturated carbocycles. The molecule has 1 N–H and O–H groups in total. The zero-order valence-electron chi connectivity index (χ0n) is 10.9. The van der Waals surface area contributed by atoms with Crippen LogP contribution >= 0.6 is 15.9 Å². The van der Waals surface area contributed by atoms with Crippen LogP contribution in [-0.4, -0.2) is 49.3 Å². The van der Waals surface area contributed by atoms with Gasteiger partial charge in [0.25, 0.3) is 0 Å². The Kier molecular flexibility index (Phi) is 7.40. The molecule has 4 nitrogen and oxygen atoms in total. The van der Waals surface area contributed by atoms with Crippen molar-refractivity contribution >= 4 is 27.9 Å². The van der Waals surface area contributed by atoms with Gasteiger partial charge < -0.3 is 14.7 Å². The van der Waals surface area contributed by atoms with Crippen LogP contribution in [-0.2, 0) is 9.53 Å². The monoisotopic (exact) mass is 327 g/mol. The van der Waals surface area contributed by atoms with E-state index < -0.39 is 0 Å². The lowest BCUT2D eigenvalue weighted by molar-refractivity contribution is -0.127. The summed E-state index contributed by atoms with van der Waals surface area (Å²) >= 11 is 3.38. The number of rotatable bonds is 7. The molecule has 0 unspecified atom stereocenters. The Bertz CT molecular complexity index is 434. The molecule has 1 rings (SSSR count). The standard InChI is InChI=1S/C14H18BrNO3/c1-19-10-8-16(7-9-17)14(18)6-5-12-3-2-4-13(15)11-12/h2-6,11,17H,7-10H2,1H3/b6-5+. The van der Waals surface area contributed by atoms with E-state index in [-0.39, 0.29) is 12.5 Å². The fourth-order valence-electron chi connectivity index (χ4n) is 1.54. The second-order valence-electron chi connectivity index (χ2n) is 3.93. The first-order chi connectivity index (χ1) is 9.17. The fourth-order valence-corrected chi connectivity index (χ4v) is 1.95. The lowest BCUT2D eigenvalue weighted by Gasteiger charge is -2.19. The molecule has 0 fully saturated rings. The Balaban J connectivity index is 2.64. The number of ether oxygens (including phenoxy) is 1. The van der Waals surface area contributed by atoms with Gasteiger partial charge in [-0.15, -0.1) is 0 Å². The van der Waals surface area contributed by atoms with Crippen molar-refractivity contribution in [2.24, 2.45) is 0 Å². The summed E-state index contributed by atoms with van der Waals surface area (Å²) in [4.78, 5) is 13.5. The van der Waals surface area contributed by atoms with Crippen molar-refractivity contribution in [1.29, 1.82) is 0 Å². The SMILES string of the molecule is COCCN(CCO)C(=O)/C=C/c1cccc(Br)c1. The molecule has 0 heterocycles. The molecule has 0 aliphatic heterocycles. The quantitative estimate of drug-likeness (QED) is 0.778. The third kappa shape index (κ3) is 6.00. The number of hydrogen-bond acceptors (Lipinski definition) is 3. The second-order valence-corrected chi connectivity index (χ2v) is 4.85. The first kappa shape index (κ1) is 15.9. The average molecular weight is 328 g/mol. The average Bonchev–Trinajstić information content (AvgIpc) is 2.41. The van der Waals surface area contributed by atoms with E-state index >= 15 is 0 Å². The van der Waals surface area contributed by atoms with Crippen molar-refractivity contribution in [3.05, 3.63) is 40.4 Å². The minimum absolute atomic E-state index is 0.0554. The van der Waals surface area contributed by atoms with E-state index in [1.54, 1.807) is 18.1 Å². The topological polar surface area (TPSA) is 49.8 Å². The van der Waals surface area contributed by atoms with E-state index in [1.807, 2.05) is 24.3 Å². The minimum atomic E-state index is -0.133. The van der Waals surface area contributed by atoms with Crippen LogP contribution < -0.4 is 0 Å². The van der Waals surface area contributed by atoms with Crippen molar-refractivity contribution in [3.63, 3.8) is 0 Å². The van der Waals surface area contributed by atoms with E-state index in [9.17, 15) is 4.79 Å². The highest BCUT2D eigenvalue weighted by Crippen LogP contribution is 2.12. The van der Waals surface area contributed by atoms with Crippen LogP contribution in [0.4, 0.5) is 0 Å². The summed E-state index contributed by atoms with van der Waals surface area (Å²) in [5, 5.41) is 8.94. The predicted molar refractivity (Wildman–Crippen MR) is 78.7 cm³/mol. The van der Waals surface area contributed by atoms with E-state index in [2.05, 4.69) is 15.9 Å². The van der Waals surface area contributed by atoms with Crippen LogP contribution in [0.5, 0.6) is 0 Å². The van der Waals surface area contributed by atoms with Gasteiger partial charge in [0, 0.05) is 30.7 Å². The lowest BCUT2D eigenvalue weighted by Crippen LogP contribution is -2.34. The summed E-state index contributed by atoms with van der Waals surface area (Å²) in [6, 6.07) is 7.68. The summed E-state index contributed by atoms with van der Waals surface area (Å²) in [6.07, 6.45) is 3.26. The number of carbonyl (C=O) groups is 1. The molecule has 0 spiro atoms.